The second-order valence-corrected chi connectivity index (χ2v) is 9.86. The minimum Gasteiger partial charge on any atom is -0.379 e. The van der Waals surface area contributed by atoms with Gasteiger partial charge in [-0.1, -0.05) is 24.3 Å². The van der Waals surface area contributed by atoms with Gasteiger partial charge in [0.15, 0.2) is 0 Å². The number of hydrogen-bond donors (Lipinski definition) is 1. The number of rotatable bonds is 8. The van der Waals surface area contributed by atoms with Crippen LogP contribution in [0.15, 0.2) is 53.6 Å². The van der Waals surface area contributed by atoms with Crippen molar-refractivity contribution in [2.75, 3.05) is 49.2 Å². The summed E-state index contributed by atoms with van der Waals surface area (Å²) < 4.78 is 47.2. The Morgan fingerprint density at radius 3 is 2.61 bits per heavy atom. The van der Waals surface area contributed by atoms with Gasteiger partial charge in [-0.3, -0.25) is 9.59 Å². The molecular weight excluding hydrogens is 539 g/mol. The van der Waals surface area contributed by atoms with Crippen LogP contribution < -0.4 is 15.4 Å². The quantitative estimate of drug-likeness (QED) is 0.412. The Hall–Kier alpha value is -4.44. The van der Waals surface area contributed by atoms with Gasteiger partial charge in [0.1, 0.15) is 17.5 Å². The highest BCUT2D eigenvalue weighted by Gasteiger charge is 2.41. The predicted molar refractivity (Wildman–Crippen MR) is 143 cm³/mol. The second-order valence-electron chi connectivity index (χ2n) is 9.86. The number of alkyl halides is 3. The normalized spacial score (nSPS) is 16.9. The zero-order chi connectivity index (χ0) is 29.0. The molecule has 0 aliphatic carbocycles. The largest absolute Gasteiger partial charge is 0.423 e. The van der Waals surface area contributed by atoms with E-state index in [0.29, 0.717) is 38.2 Å². The highest BCUT2D eigenvalue weighted by atomic mass is 19.4. The van der Waals surface area contributed by atoms with E-state index >= 15 is 0 Å². The van der Waals surface area contributed by atoms with Gasteiger partial charge in [-0.15, -0.1) is 0 Å². The van der Waals surface area contributed by atoms with Crippen LogP contribution in [-0.2, 0) is 22.3 Å². The summed E-state index contributed by atoms with van der Waals surface area (Å²) in [5, 5.41) is 14.4. The Morgan fingerprint density at radius 2 is 1.90 bits per heavy atom. The third-order valence-corrected chi connectivity index (χ3v) is 7.35. The third kappa shape index (κ3) is 6.17. The zero-order valence-corrected chi connectivity index (χ0v) is 22.1. The number of aromatic nitrogens is 3. The average Bonchev–Trinajstić information content (AvgIpc) is 3.34. The molecule has 0 spiro atoms. The maximum atomic E-state index is 13.8. The molecule has 13 heteroatoms. The van der Waals surface area contributed by atoms with E-state index in [0.717, 1.165) is 23.1 Å². The molecule has 10 nitrogen and oxygen atoms in total. The van der Waals surface area contributed by atoms with E-state index in [1.807, 2.05) is 35.4 Å². The molecule has 2 aliphatic rings. The standard InChI is InChI=1S/C28H28F3N7O3/c29-28(30,31)26-22(16-34-35-27(26)40)38-17-20-4-1-2-5-21(20)23(38)18-41-13-3-6-25(39)37-11-9-36(10-12-37)24-8-7-19(14-32)15-33-24/h1-2,4-5,7-8,15-16,23H,3,6,9-13,17-18H2,(H,35,40)/t23-/m0/s1. The van der Waals surface area contributed by atoms with Crippen LogP contribution in [0.25, 0.3) is 0 Å². The van der Waals surface area contributed by atoms with Crippen molar-refractivity contribution in [2.45, 2.75) is 31.6 Å². The number of hydrogen-bond acceptors (Lipinski definition) is 8. The molecule has 1 fully saturated rings. The van der Waals surface area contributed by atoms with Crippen molar-refractivity contribution in [1.29, 1.82) is 5.26 Å². The number of fused-ring (bicyclic) bond motifs is 1. The Morgan fingerprint density at radius 1 is 1.12 bits per heavy atom. The number of ether oxygens (including phenoxy) is 1. The first-order valence-electron chi connectivity index (χ1n) is 13.2. The molecule has 0 bridgehead atoms. The number of halogens is 3. The lowest BCUT2D eigenvalue weighted by atomic mass is 10.1. The number of nitrogens with zero attached hydrogens (tertiary/aromatic N) is 6. The third-order valence-electron chi connectivity index (χ3n) is 7.35. The number of carbonyl (C=O) groups excluding carboxylic acids is 1. The molecule has 1 aromatic carbocycles. The van der Waals surface area contributed by atoms with Crippen LogP contribution in [0.5, 0.6) is 0 Å². The summed E-state index contributed by atoms with van der Waals surface area (Å²) in [5.41, 5.74) is -0.708. The van der Waals surface area contributed by atoms with Crippen molar-refractivity contribution in [1.82, 2.24) is 20.1 Å². The molecule has 3 aromatic rings. The Kier molecular flexibility index (Phi) is 8.21. The lowest BCUT2D eigenvalue weighted by Gasteiger charge is -2.35. The monoisotopic (exact) mass is 567 g/mol. The Bertz CT molecular complexity index is 1480. The van der Waals surface area contributed by atoms with Crippen LogP contribution in [0.2, 0.25) is 0 Å². The fourth-order valence-corrected chi connectivity index (χ4v) is 5.28. The zero-order valence-electron chi connectivity index (χ0n) is 22.1. The molecule has 214 valence electrons. The minimum absolute atomic E-state index is 0.0123. The summed E-state index contributed by atoms with van der Waals surface area (Å²) in [6, 6.07) is 12.3. The Balaban J connectivity index is 1.14. The molecule has 5 rings (SSSR count). The number of H-pyrrole nitrogens is 1. The van der Waals surface area contributed by atoms with E-state index < -0.39 is 23.3 Å². The number of pyridine rings is 1. The number of amides is 1. The molecule has 0 saturated carbocycles. The molecule has 2 aliphatic heterocycles. The lowest BCUT2D eigenvalue weighted by Crippen LogP contribution is -2.49. The summed E-state index contributed by atoms with van der Waals surface area (Å²) in [4.78, 5) is 34.5. The molecule has 0 unspecified atom stereocenters. The number of carbonyl (C=O) groups is 1. The molecule has 1 saturated heterocycles. The van der Waals surface area contributed by atoms with E-state index in [4.69, 9.17) is 10.00 Å². The maximum Gasteiger partial charge on any atom is 0.423 e. The highest BCUT2D eigenvalue weighted by molar-refractivity contribution is 5.76. The van der Waals surface area contributed by atoms with E-state index in [2.05, 4.69) is 15.0 Å². The van der Waals surface area contributed by atoms with E-state index in [1.54, 1.807) is 17.0 Å². The predicted octanol–water partition coefficient (Wildman–Crippen LogP) is 3.26. The molecule has 41 heavy (non-hydrogen) atoms. The van der Waals surface area contributed by atoms with Crippen molar-refractivity contribution in [3.63, 3.8) is 0 Å². The Labute approximate surface area is 234 Å². The summed E-state index contributed by atoms with van der Waals surface area (Å²) in [6.07, 6.45) is -1.54. The van der Waals surface area contributed by atoms with Gasteiger partial charge in [0, 0.05) is 51.9 Å². The lowest BCUT2D eigenvalue weighted by molar-refractivity contribution is -0.138. The van der Waals surface area contributed by atoms with Gasteiger partial charge in [-0.2, -0.15) is 23.5 Å². The van der Waals surface area contributed by atoms with Gasteiger partial charge in [0.2, 0.25) is 5.91 Å². The van der Waals surface area contributed by atoms with Gasteiger partial charge in [0.25, 0.3) is 5.56 Å². The SMILES string of the molecule is N#Cc1ccc(N2CCN(C(=O)CCCOC[C@H]3c4ccccc4CN3c3cn[nH]c(=O)c3C(F)(F)F)CC2)nc1. The smallest absolute Gasteiger partial charge is 0.379 e. The van der Waals surface area contributed by atoms with Crippen molar-refractivity contribution < 1.29 is 22.7 Å². The number of anilines is 2. The van der Waals surface area contributed by atoms with E-state index in [1.165, 1.54) is 11.1 Å². The fraction of sp³-hybridized carbons (Fsp3) is 0.393. The van der Waals surface area contributed by atoms with Crippen LogP contribution in [0.1, 0.15) is 41.1 Å². The van der Waals surface area contributed by atoms with Crippen LogP contribution in [-0.4, -0.2) is 65.4 Å². The van der Waals surface area contributed by atoms with Gasteiger partial charge < -0.3 is 19.4 Å². The molecule has 4 heterocycles. The van der Waals surface area contributed by atoms with Crippen LogP contribution >= 0.6 is 0 Å². The van der Waals surface area contributed by atoms with Gasteiger partial charge >= 0.3 is 6.18 Å². The summed E-state index contributed by atoms with van der Waals surface area (Å²) >= 11 is 0. The molecule has 1 atom stereocenters. The first-order chi connectivity index (χ1) is 19.8. The molecule has 0 radical (unpaired) electrons. The van der Waals surface area contributed by atoms with Gasteiger partial charge in [0.05, 0.1) is 30.1 Å². The van der Waals surface area contributed by atoms with Crippen molar-refractivity contribution in [3.05, 3.63) is 81.4 Å². The number of piperazine rings is 1. The minimum atomic E-state index is -4.85. The number of aromatic amines is 1. The summed E-state index contributed by atoms with van der Waals surface area (Å²) in [6.45, 7) is 2.91. The summed E-state index contributed by atoms with van der Waals surface area (Å²) in [7, 11) is 0. The molecule has 2 aromatic heterocycles. The van der Waals surface area contributed by atoms with E-state index in [-0.39, 0.29) is 37.8 Å². The average molecular weight is 568 g/mol. The molecular formula is C28H28F3N7O3. The first-order valence-corrected chi connectivity index (χ1v) is 13.2. The van der Waals surface area contributed by atoms with Crippen molar-refractivity contribution >= 4 is 17.4 Å². The fourth-order valence-electron chi connectivity index (χ4n) is 5.28. The maximum absolute atomic E-state index is 13.8. The van der Waals surface area contributed by atoms with Crippen LogP contribution in [0, 0.1) is 11.3 Å². The van der Waals surface area contributed by atoms with Crippen LogP contribution in [0.3, 0.4) is 0 Å². The first kappa shape index (κ1) is 28.1. The van der Waals surface area contributed by atoms with Crippen molar-refractivity contribution in [3.8, 4) is 6.07 Å². The van der Waals surface area contributed by atoms with Gasteiger partial charge in [-0.25, -0.2) is 10.1 Å². The number of nitriles is 1. The topological polar surface area (TPSA) is 118 Å². The number of nitrogens with one attached hydrogen (secondary N) is 1. The van der Waals surface area contributed by atoms with Gasteiger partial charge in [-0.05, 0) is 29.7 Å². The van der Waals surface area contributed by atoms with Crippen molar-refractivity contribution in [2.24, 2.45) is 0 Å². The molecule has 1 amide bonds. The second kappa shape index (κ2) is 12.0. The molecule has 1 N–H and O–H groups in total. The van der Waals surface area contributed by atoms with Crippen LogP contribution in [0.4, 0.5) is 24.7 Å². The highest BCUT2D eigenvalue weighted by Crippen LogP contribution is 2.42. The summed E-state index contributed by atoms with van der Waals surface area (Å²) in [5.74, 6) is 0.781. The number of benzene rings is 1. The van der Waals surface area contributed by atoms with E-state index in [9.17, 15) is 22.8 Å².